The molecule has 272 valence electrons. The minimum absolute atomic E-state index is 0.191. The summed E-state index contributed by atoms with van der Waals surface area (Å²) in [4.78, 5) is 0. The molecule has 0 fully saturated rings. The summed E-state index contributed by atoms with van der Waals surface area (Å²) in [5.74, 6) is 0. The van der Waals surface area contributed by atoms with Gasteiger partial charge in [-0.1, -0.05) is 175 Å². The van der Waals surface area contributed by atoms with Gasteiger partial charge in [-0.25, -0.2) is 0 Å². The van der Waals surface area contributed by atoms with Crippen molar-refractivity contribution in [3.05, 3.63) is 218 Å². The quantitative estimate of drug-likeness (QED) is 0.122. The molecule has 0 atom stereocenters. The van der Waals surface area contributed by atoms with Crippen molar-refractivity contribution >= 4 is 94.4 Å². The van der Waals surface area contributed by atoms with Crippen LogP contribution in [0.1, 0.15) is 42.5 Å². The second kappa shape index (κ2) is 12.8. The maximum Gasteiger partial charge on any atom is 0.179 e. The third-order valence-electron chi connectivity index (χ3n) is 10.1. The second-order valence-corrected chi connectivity index (χ2v) is 16.5. The van der Waals surface area contributed by atoms with Crippen LogP contribution in [0.15, 0.2) is 222 Å². The van der Waals surface area contributed by atoms with Crippen molar-refractivity contribution in [2.24, 2.45) is 0 Å². The molecule has 58 heavy (non-hydrogen) atoms. The summed E-state index contributed by atoms with van der Waals surface area (Å²) in [7, 11) is -5.65. The fourth-order valence-electron chi connectivity index (χ4n) is 7.74. The third-order valence-corrected chi connectivity index (χ3v) is 14.3. The molecule has 0 saturated heterocycles. The highest BCUT2D eigenvalue weighted by Gasteiger charge is 2.41. The van der Waals surface area contributed by atoms with E-state index >= 15 is 0 Å². The zero-order chi connectivity index (χ0) is 65.2. The molecule has 12 aromatic rings. The maximum atomic E-state index is 10.5. The smallest absolute Gasteiger partial charge is 0.179 e. The van der Waals surface area contributed by atoms with Gasteiger partial charge < -0.3 is 13.6 Å². The Morgan fingerprint density at radius 2 is 0.897 bits per heavy atom. The minimum Gasteiger partial charge on any atom is -0.454 e. The lowest BCUT2D eigenvalue weighted by Crippen LogP contribution is -2.74. The Morgan fingerprint density at radius 1 is 0.414 bits per heavy atom. The maximum absolute atomic E-state index is 10.5. The third kappa shape index (κ3) is 4.61. The monoisotopic (exact) mass is 787 g/mol. The second-order valence-electron chi connectivity index (χ2n) is 12.9. The van der Waals surface area contributed by atoms with E-state index in [1.54, 1.807) is 0 Å². The molecular formula is C54H36N2OSi. The van der Waals surface area contributed by atoms with Gasteiger partial charge in [0.1, 0.15) is 5.58 Å². The van der Waals surface area contributed by atoms with Crippen LogP contribution < -0.4 is 20.7 Å². The van der Waals surface area contributed by atoms with Crippen LogP contribution in [0.25, 0.3) is 76.9 Å². The number of aromatic nitrogens is 2. The minimum atomic E-state index is -5.65. The van der Waals surface area contributed by atoms with Gasteiger partial charge in [0, 0.05) is 32.6 Å². The van der Waals surface area contributed by atoms with Crippen molar-refractivity contribution in [3.8, 4) is 11.4 Å². The van der Waals surface area contributed by atoms with Crippen molar-refractivity contribution in [1.82, 2.24) is 9.13 Å². The number of nitrogens with zero attached hydrogens (tertiary/aromatic N) is 2. The van der Waals surface area contributed by atoms with Crippen LogP contribution in [0, 0.1) is 0 Å². The van der Waals surface area contributed by atoms with Gasteiger partial charge in [0.25, 0.3) is 0 Å². The van der Waals surface area contributed by atoms with Gasteiger partial charge in [-0.2, -0.15) is 0 Å². The molecule has 0 N–H and O–H groups in total. The van der Waals surface area contributed by atoms with Crippen LogP contribution >= 0.6 is 0 Å². The van der Waals surface area contributed by atoms with Crippen molar-refractivity contribution in [3.63, 3.8) is 0 Å². The van der Waals surface area contributed by atoms with Crippen LogP contribution in [0.4, 0.5) is 0 Å². The van der Waals surface area contributed by atoms with Crippen LogP contribution in [0.5, 0.6) is 0 Å². The first-order chi connectivity index (χ1) is 41.7. The Kier molecular flexibility index (Phi) is 3.21. The van der Waals surface area contributed by atoms with Gasteiger partial charge in [-0.3, -0.25) is 0 Å². The lowest BCUT2D eigenvalue weighted by molar-refractivity contribution is 0.666. The summed E-state index contributed by atoms with van der Waals surface area (Å²) in [6.07, 6.45) is 0. The van der Waals surface area contributed by atoms with E-state index in [1.165, 1.54) is 30.3 Å². The van der Waals surface area contributed by atoms with Crippen LogP contribution in [-0.2, 0) is 0 Å². The zero-order valence-electron chi connectivity index (χ0n) is 60.2. The summed E-state index contributed by atoms with van der Waals surface area (Å²) in [6.45, 7) is 0. The summed E-state index contributed by atoms with van der Waals surface area (Å²) < 4.78 is 296. The molecule has 0 aliphatic rings. The van der Waals surface area contributed by atoms with E-state index in [2.05, 4.69) is 0 Å². The number of benzene rings is 9. The Morgan fingerprint density at radius 3 is 1.50 bits per heavy atom. The molecule has 0 amide bonds. The fourth-order valence-corrected chi connectivity index (χ4v) is 11.6. The molecule has 12 rings (SSSR count). The molecule has 3 aromatic heterocycles. The van der Waals surface area contributed by atoms with E-state index in [-0.39, 0.29) is 5.19 Å². The van der Waals surface area contributed by atoms with Gasteiger partial charge in [-0.15, -0.1) is 0 Å². The average molecular weight is 788 g/mol. The topological polar surface area (TPSA) is 23.0 Å². The number of para-hydroxylation sites is 4. The summed E-state index contributed by atoms with van der Waals surface area (Å²) >= 11 is 0. The van der Waals surface area contributed by atoms with Crippen molar-refractivity contribution in [2.75, 3.05) is 0 Å². The fraction of sp³-hybridized carbons (Fsp3) is 0. The van der Waals surface area contributed by atoms with E-state index in [1.807, 2.05) is 0 Å². The number of hydrogen-bond donors (Lipinski definition) is 0. The Hall–Kier alpha value is -7.40. The number of hydrogen-bond acceptors (Lipinski definition) is 1. The number of furan rings is 1. The van der Waals surface area contributed by atoms with Crippen LogP contribution in [0.3, 0.4) is 0 Å². The first-order valence-corrected chi connectivity index (χ1v) is 19.4. The van der Waals surface area contributed by atoms with E-state index in [9.17, 15) is 20.6 Å². The molecule has 0 spiro atoms. The molecule has 9 aromatic carbocycles. The first-order valence-electron chi connectivity index (χ1n) is 32.9. The highest BCUT2D eigenvalue weighted by Crippen LogP contribution is 2.45. The molecule has 0 unspecified atom stereocenters. The molecule has 3 nitrogen and oxygen atoms in total. The van der Waals surface area contributed by atoms with E-state index < -0.39 is 288 Å². The van der Waals surface area contributed by atoms with E-state index in [4.69, 9.17) is 26.3 Å². The molecule has 0 aliphatic heterocycles. The average Bonchev–Trinajstić information content (AvgIpc) is 1.64. The van der Waals surface area contributed by atoms with Gasteiger partial charge in [-0.05, 0) is 63.0 Å². The van der Waals surface area contributed by atoms with E-state index in [0.29, 0.717) is 0 Å². The Balaban J connectivity index is 1.40. The summed E-state index contributed by atoms with van der Waals surface area (Å²) in [6, 6.07) is -23.5. The lowest BCUT2D eigenvalue weighted by Gasteiger charge is -2.34. The van der Waals surface area contributed by atoms with Gasteiger partial charge in [0.15, 0.2) is 13.7 Å². The van der Waals surface area contributed by atoms with Crippen molar-refractivity contribution in [1.29, 1.82) is 0 Å². The summed E-state index contributed by atoms with van der Waals surface area (Å²) in [5.41, 5.74) is -5.84. The largest absolute Gasteiger partial charge is 0.454 e. The number of fused-ring (bicyclic) bond motifs is 10. The number of rotatable bonds is 6. The molecule has 0 radical (unpaired) electrons. The van der Waals surface area contributed by atoms with Gasteiger partial charge in [0.05, 0.1) is 75.6 Å². The molecule has 0 bridgehead atoms. The standard InChI is InChI=1S/C54H36N2OSi/c1-4-18-38(19-5-1)58(39-20-6-2-7-21-39,40-22-8-3-9-23-40)41-34-32-37(33-35-41)55-47-28-14-12-26-44(47)46-36-50(54-52(53(46)55)45-27-13-17-31-51(45)57-54)56-48-29-15-10-24-42(48)43-25-11-16-30-49(43)56/h1-36H/i1D,2D,4D,5D,6D,7D,10D,11D,12D,13D,14D,15D,16D,17D,18D,19D,20D,21D,24D,25D,26D,27D,28D,29D,30D,31D,32D,33D,34D,35D,36D. The highest BCUT2D eigenvalue weighted by atomic mass is 28.3. The lowest BCUT2D eigenvalue weighted by atomic mass is 10.1. The summed E-state index contributed by atoms with van der Waals surface area (Å²) in [5, 5.41) is -6.19. The Labute approximate surface area is 379 Å². The predicted octanol–water partition coefficient (Wildman–Crippen LogP) is 11.2. The van der Waals surface area contributed by atoms with Crippen LogP contribution in [-0.4, -0.2) is 17.2 Å². The SMILES string of the molecule is [2H]c1c([2H])c([2H])c([Si](c2ccccc2)(c2c([2H])c([2H])c([2H])c([2H])c2[2H])c2c([2H])c([2H])c(-n3c4c([2H])c([2H])c([2H])c([2H])c4c4c([2H])c(-n5c6c([2H])c([2H])c([2H])c([2H])c6c6c([2H])c([2H])c([2H])c([2H])c65)c5oc6c([2H])c([2H])c([2H])c([2H])c6c5c43)c([2H])c2[2H])c([2H])c1[2H]. The molecule has 0 saturated carbocycles. The molecule has 0 aliphatic carbocycles. The predicted molar refractivity (Wildman–Crippen MR) is 246 cm³/mol. The molecule has 4 heteroatoms. The molecular weight excluding hydrogens is 721 g/mol. The van der Waals surface area contributed by atoms with Crippen LogP contribution in [0.2, 0.25) is 0 Å². The first kappa shape index (κ1) is 14.5. The van der Waals surface area contributed by atoms with Gasteiger partial charge in [0.2, 0.25) is 0 Å². The Bertz CT molecular complexity index is 5110. The van der Waals surface area contributed by atoms with E-state index in [0.717, 1.165) is 9.13 Å². The molecule has 3 heterocycles. The normalized spacial score (nSPS) is 19.6. The van der Waals surface area contributed by atoms with Gasteiger partial charge >= 0.3 is 0 Å². The van der Waals surface area contributed by atoms with Crippen molar-refractivity contribution < 1.29 is 46.9 Å². The highest BCUT2D eigenvalue weighted by molar-refractivity contribution is 7.19. The van der Waals surface area contributed by atoms with Crippen molar-refractivity contribution in [2.45, 2.75) is 0 Å². The zero-order valence-corrected chi connectivity index (χ0v) is 30.2.